The first-order valence-electron chi connectivity index (χ1n) is 7.36. The number of hydrogen-bond acceptors (Lipinski definition) is 5. The van der Waals surface area contributed by atoms with E-state index < -0.39 is 0 Å². The van der Waals surface area contributed by atoms with Gasteiger partial charge in [0.1, 0.15) is 5.56 Å². The van der Waals surface area contributed by atoms with Crippen LogP contribution in [0.5, 0.6) is 0 Å². The molecule has 8 heteroatoms. The molecular weight excluding hydrogens is 324 g/mol. The largest absolute Gasteiger partial charge is 0.346 e. The maximum Gasteiger partial charge on any atom is 0.257 e. The van der Waals surface area contributed by atoms with Gasteiger partial charge in [0.25, 0.3) is 5.91 Å². The Hall–Kier alpha value is -3.00. The Bertz CT molecular complexity index is 1000. The van der Waals surface area contributed by atoms with Gasteiger partial charge in [-0.2, -0.15) is 10.2 Å². The molecule has 4 heterocycles. The van der Waals surface area contributed by atoms with Gasteiger partial charge in [-0.1, -0.05) is 6.07 Å². The molecule has 7 nitrogen and oxygen atoms in total. The molecule has 0 radical (unpaired) electrons. The number of aryl methyl sites for hydroxylation is 1. The van der Waals surface area contributed by atoms with E-state index in [-0.39, 0.29) is 5.91 Å². The molecule has 0 aliphatic carbocycles. The highest BCUT2D eigenvalue weighted by Crippen LogP contribution is 2.25. The number of aromatic nitrogens is 5. The molecule has 0 fully saturated rings. The highest BCUT2D eigenvalue weighted by Gasteiger charge is 2.16. The zero-order valence-corrected chi connectivity index (χ0v) is 13.7. The van der Waals surface area contributed by atoms with Gasteiger partial charge in [-0.05, 0) is 23.6 Å². The fourth-order valence-electron chi connectivity index (χ4n) is 2.49. The Kier molecular flexibility index (Phi) is 3.58. The molecule has 24 heavy (non-hydrogen) atoms. The average Bonchev–Trinajstić information content (AvgIpc) is 3.32. The molecule has 1 amide bonds. The molecule has 4 aromatic rings. The van der Waals surface area contributed by atoms with Crippen molar-refractivity contribution in [2.45, 2.75) is 6.54 Å². The van der Waals surface area contributed by atoms with Crippen molar-refractivity contribution < 1.29 is 4.79 Å². The highest BCUT2D eigenvalue weighted by atomic mass is 32.1. The summed E-state index contributed by atoms with van der Waals surface area (Å²) in [6.45, 7) is 0.363. The first-order valence-corrected chi connectivity index (χ1v) is 8.23. The topological polar surface area (TPSA) is 77.1 Å². The maximum atomic E-state index is 12.5. The fraction of sp³-hybridized carbons (Fsp3) is 0.125. The lowest BCUT2D eigenvalue weighted by Crippen LogP contribution is -2.23. The quantitative estimate of drug-likeness (QED) is 0.618. The zero-order chi connectivity index (χ0) is 16.5. The van der Waals surface area contributed by atoms with Crippen molar-refractivity contribution in [3.63, 3.8) is 0 Å². The SMILES string of the molecule is Cn1ccc(CNC(=O)c2cnn3c(-c4cccs4)ccnc23)n1. The molecule has 0 spiro atoms. The number of nitrogens with zero attached hydrogens (tertiary/aromatic N) is 5. The van der Waals surface area contributed by atoms with Gasteiger partial charge < -0.3 is 5.32 Å². The van der Waals surface area contributed by atoms with Crippen LogP contribution >= 0.6 is 11.3 Å². The standard InChI is InChI=1S/C16H14N6OS/c1-21-7-5-11(20-21)9-18-16(23)12-10-19-22-13(4-6-17-15(12)22)14-3-2-8-24-14/h2-8,10H,9H2,1H3,(H,18,23). The van der Waals surface area contributed by atoms with Gasteiger partial charge >= 0.3 is 0 Å². The summed E-state index contributed by atoms with van der Waals surface area (Å²) in [5, 5.41) is 13.4. The predicted octanol–water partition coefficient (Wildman–Crippen LogP) is 2.12. The summed E-state index contributed by atoms with van der Waals surface area (Å²) in [6, 6.07) is 7.75. The third kappa shape index (κ3) is 2.56. The van der Waals surface area contributed by atoms with Crippen LogP contribution in [-0.2, 0) is 13.6 Å². The molecule has 1 N–H and O–H groups in total. The van der Waals surface area contributed by atoms with E-state index >= 15 is 0 Å². The summed E-state index contributed by atoms with van der Waals surface area (Å²) in [5.41, 5.74) is 2.71. The normalized spacial score (nSPS) is 11.0. The molecule has 0 saturated heterocycles. The monoisotopic (exact) mass is 338 g/mol. The minimum atomic E-state index is -0.216. The van der Waals surface area contributed by atoms with E-state index in [0.29, 0.717) is 17.8 Å². The van der Waals surface area contributed by atoms with Crippen molar-refractivity contribution in [1.82, 2.24) is 29.7 Å². The molecule has 120 valence electrons. The van der Waals surface area contributed by atoms with Crippen LogP contribution in [0.4, 0.5) is 0 Å². The molecule has 0 unspecified atom stereocenters. The van der Waals surface area contributed by atoms with E-state index in [2.05, 4.69) is 20.5 Å². The van der Waals surface area contributed by atoms with Crippen molar-refractivity contribution in [2.24, 2.45) is 7.05 Å². The summed E-state index contributed by atoms with van der Waals surface area (Å²) in [4.78, 5) is 17.9. The molecule has 0 saturated carbocycles. The Morgan fingerprint density at radius 1 is 1.33 bits per heavy atom. The minimum Gasteiger partial charge on any atom is -0.346 e. The van der Waals surface area contributed by atoms with Crippen LogP contribution in [0.1, 0.15) is 16.1 Å². The first-order chi connectivity index (χ1) is 11.7. The molecule has 0 atom stereocenters. The smallest absolute Gasteiger partial charge is 0.257 e. The second-order valence-electron chi connectivity index (χ2n) is 5.26. The second kappa shape index (κ2) is 5.89. The van der Waals surface area contributed by atoms with E-state index in [0.717, 1.165) is 16.3 Å². The van der Waals surface area contributed by atoms with Gasteiger partial charge in [-0.25, -0.2) is 9.50 Å². The molecule has 0 aromatic carbocycles. The number of fused-ring (bicyclic) bond motifs is 1. The summed E-state index contributed by atoms with van der Waals surface area (Å²) >= 11 is 1.62. The fourth-order valence-corrected chi connectivity index (χ4v) is 3.22. The summed E-state index contributed by atoms with van der Waals surface area (Å²) in [7, 11) is 1.84. The third-order valence-corrected chi connectivity index (χ3v) is 4.51. The number of hydrogen-bond donors (Lipinski definition) is 1. The number of nitrogens with one attached hydrogen (secondary N) is 1. The first kappa shape index (κ1) is 14.6. The molecule has 0 aliphatic heterocycles. The van der Waals surface area contributed by atoms with Gasteiger partial charge in [-0.3, -0.25) is 9.48 Å². The number of amides is 1. The molecule has 0 aliphatic rings. The number of thiophene rings is 1. The average molecular weight is 338 g/mol. The van der Waals surface area contributed by atoms with Gasteiger partial charge in [-0.15, -0.1) is 11.3 Å². The van der Waals surface area contributed by atoms with Gasteiger partial charge in [0.05, 0.1) is 29.0 Å². The molecular formula is C16H14N6OS. The number of carbonyl (C=O) groups is 1. The van der Waals surface area contributed by atoms with Crippen LogP contribution in [-0.4, -0.2) is 30.3 Å². The van der Waals surface area contributed by atoms with E-state index in [1.807, 2.05) is 42.9 Å². The second-order valence-corrected chi connectivity index (χ2v) is 6.21. The van der Waals surface area contributed by atoms with Crippen LogP contribution < -0.4 is 5.32 Å². The van der Waals surface area contributed by atoms with Crippen LogP contribution in [0.3, 0.4) is 0 Å². The number of rotatable bonds is 4. The van der Waals surface area contributed by atoms with Crippen molar-refractivity contribution >= 4 is 22.9 Å². The van der Waals surface area contributed by atoms with Crippen molar-refractivity contribution in [1.29, 1.82) is 0 Å². The molecule has 4 rings (SSSR count). The van der Waals surface area contributed by atoms with Gasteiger partial charge in [0, 0.05) is 19.4 Å². The van der Waals surface area contributed by atoms with Crippen LogP contribution in [0.15, 0.2) is 48.2 Å². The van der Waals surface area contributed by atoms with Gasteiger partial charge in [0.15, 0.2) is 5.65 Å². The Balaban J connectivity index is 1.63. The van der Waals surface area contributed by atoms with Crippen LogP contribution in [0.2, 0.25) is 0 Å². The summed E-state index contributed by atoms with van der Waals surface area (Å²) in [6.07, 6.45) is 5.08. The van der Waals surface area contributed by atoms with Crippen molar-refractivity contribution in [3.05, 3.63) is 59.5 Å². The lowest BCUT2D eigenvalue weighted by molar-refractivity contribution is 0.0952. The Morgan fingerprint density at radius 2 is 2.25 bits per heavy atom. The minimum absolute atomic E-state index is 0.216. The van der Waals surface area contributed by atoms with E-state index in [1.54, 1.807) is 32.9 Å². The Labute approximate surface area is 141 Å². The van der Waals surface area contributed by atoms with Crippen molar-refractivity contribution in [3.8, 4) is 10.6 Å². The van der Waals surface area contributed by atoms with Crippen LogP contribution in [0, 0.1) is 0 Å². The van der Waals surface area contributed by atoms with E-state index in [1.165, 1.54) is 0 Å². The van der Waals surface area contributed by atoms with E-state index in [9.17, 15) is 4.79 Å². The lowest BCUT2D eigenvalue weighted by Gasteiger charge is -2.03. The third-order valence-electron chi connectivity index (χ3n) is 3.62. The summed E-state index contributed by atoms with van der Waals surface area (Å²) < 4.78 is 3.40. The van der Waals surface area contributed by atoms with Gasteiger partial charge in [0.2, 0.25) is 0 Å². The molecule has 4 aromatic heterocycles. The van der Waals surface area contributed by atoms with Crippen LogP contribution in [0.25, 0.3) is 16.2 Å². The van der Waals surface area contributed by atoms with E-state index in [4.69, 9.17) is 0 Å². The zero-order valence-electron chi connectivity index (χ0n) is 12.9. The summed E-state index contributed by atoms with van der Waals surface area (Å²) in [5.74, 6) is -0.216. The highest BCUT2D eigenvalue weighted by molar-refractivity contribution is 7.13. The lowest BCUT2D eigenvalue weighted by atomic mass is 10.3. The maximum absolute atomic E-state index is 12.5. The molecule has 0 bridgehead atoms. The predicted molar refractivity (Wildman–Crippen MR) is 90.7 cm³/mol. The Morgan fingerprint density at radius 3 is 3.00 bits per heavy atom. The van der Waals surface area contributed by atoms with Crippen molar-refractivity contribution in [2.75, 3.05) is 0 Å². The number of carbonyl (C=O) groups excluding carboxylic acids is 1.